The summed E-state index contributed by atoms with van der Waals surface area (Å²) in [7, 11) is 0. The van der Waals surface area contributed by atoms with Gasteiger partial charge in [0.1, 0.15) is 11.5 Å². The maximum Gasteiger partial charge on any atom is 0.350 e. The number of thiazole rings is 1. The van der Waals surface area contributed by atoms with E-state index in [4.69, 9.17) is 4.74 Å². The molecule has 1 saturated carbocycles. The number of rotatable bonds is 6. The van der Waals surface area contributed by atoms with Crippen molar-refractivity contribution >= 4 is 17.3 Å². The van der Waals surface area contributed by atoms with E-state index in [1.165, 1.54) is 11.3 Å². The standard InChI is InChI=1S/C17H16N2O2S/c18-9-13(8-12-4-2-1-3-5-12)11-21-17(20)15-10-19-16(22-15)14-6-7-14/h1-5,10,13-14H,6-8,11H2/t13-/m1/s1. The molecule has 0 amide bonds. The van der Waals surface area contributed by atoms with Crippen LogP contribution in [0.4, 0.5) is 0 Å². The first-order chi connectivity index (χ1) is 10.8. The van der Waals surface area contributed by atoms with Crippen LogP contribution in [-0.4, -0.2) is 17.6 Å². The summed E-state index contributed by atoms with van der Waals surface area (Å²) in [6.07, 6.45) is 4.49. The van der Waals surface area contributed by atoms with E-state index in [0.717, 1.165) is 23.4 Å². The van der Waals surface area contributed by atoms with Crippen molar-refractivity contribution in [1.29, 1.82) is 5.26 Å². The molecule has 1 aliphatic rings. The molecular formula is C17H16N2O2S. The zero-order valence-electron chi connectivity index (χ0n) is 12.1. The average molecular weight is 312 g/mol. The smallest absolute Gasteiger partial charge is 0.350 e. The molecule has 4 nitrogen and oxygen atoms in total. The fourth-order valence-electron chi connectivity index (χ4n) is 2.19. The Balaban J connectivity index is 1.53. The van der Waals surface area contributed by atoms with E-state index < -0.39 is 0 Å². The first kappa shape index (κ1) is 14.7. The van der Waals surface area contributed by atoms with Crippen molar-refractivity contribution in [1.82, 2.24) is 4.98 Å². The number of carbonyl (C=O) groups excluding carboxylic acids is 1. The minimum atomic E-state index is -0.377. The summed E-state index contributed by atoms with van der Waals surface area (Å²) in [4.78, 5) is 16.8. The summed E-state index contributed by atoms with van der Waals surface area (Å²) in [6, 6.07) is 12.0. The van der Waals surface area contributed by atoms with Crippen molar-refractivity contribution in [3.05, 3.63) is 52.0 Å². The molecule has 5 heteroatoms. The molecule has 0 radical (unpaired) electrons. The summed E-state index contributed by atoms with van der Waals surface area (Å²) in [6.45, 7) is 0.112. The van der Waals surface area contributed by atoms with E-state index in [0.29, 0.717) is 17.2 Å². The Labute approximate surface area is 133 Å². The quantitative estimate of drug-likeness (QED) is 0.765. The van der Waals surface area contributed by atoms with Crippen LogP contribution in [0.3, 0.4) is 0 Å². The van der Waals surface area contributed by atoms with Crippen molar-refractivity contribution in [2.45, 2.75) is 25.2 Å². The van der Waals surface area contributed by atoms with E-state index in [1.807, 2.05) is 30.3 Å². The summed E-state index contributed by atoms with van der Waals surface area (Å²) in [5, 5.41) is 10.2. The molecule has 112 valence electrons. The van der Waals surface area contributed by atoms with Gasteiger partial charge in [-0.3, -0.25) is 0 Å². The third-order valence-corrected chi connectivity index (χ3v) is 4.71. The summed E-state index contributed by atoms with van der Waals surface area (Å²) in [5.41, 5.74) is 1.07. The van der Waals surface area contributed by atoms with Crippen molar-refractivity contribution in [2.24, 2.45) is 5.92 Å². The normalized spacial score (nSPS) is 15.0. The van der Waals surface area contributed by atoms with Crippen LogP contribution >= 0.6 is 11.3 Å². The van der Waals surface area contributed by atoms with E-state index in [9.17, 15) is 10.1 Å². The molecule has 1 aromatic carbocycles. The molecule has 0 bridgehead atoms. The van der Waals surface area contributed by atoms with Gasteiger partial charge in [0, 0.05) is 5.92 Å². The van der Waals surface area contributed by atoms with Crippen LogP contribution in [0.25, 0.3) is 0 Å². The second kappa shape index (κ2) is 6.71. The molecule has 0 spiro atoms. The van der Waals surface area contributed by atoms with Gasteiger partial charge in [-0.25, -0.2) is 9.78 Å². The molecule has 22 heavy (non-hydrogen) atoms. The van der Waals surface area contributed by atoms with Gasteiger partial charge in [0.15, 0.2) is 0 Å². The summed E-state index contributed by atoms with van der Waals surface area (Å²) >= 11 is 1.41. The molecule has 0 saturated heterocycles. The minimum Gasteiger partial charge on any atom is -0.460 e. The lowest BCUT2D eigenvalue weighted by molar-refractivity contribution is 0.0473. The molecule has 2 aromatic rings. The fourth-order valence-corrected chi connectivity index (χ4v) is 3.17. The number of esters is 1. The predicted octanol–water partition coefficient (Wildman–Crippen LogP) is 3.56. The molecule has 0 N–H and O–H groups in total. The highest BCUT2D eigenvalue weighted by Gasteiger charge is 2.28. The maximum atomic E-state index is 12.0. The molecule has 0 aliphatic heterocycles. The lowest BCUT2D eigenvalue weighted by atomic mass is 10.0. The third kappa shape index (κ3) is 3.71. The fraction of sp³-hybridized carbons (Fsp3) is 0.353. The number of nitrogens with zero attached hydrogens (tertiary/aromatic N) is 2. The Kier molecular flexibility index (Phi) is 4.50. The minimum absolute atomic E-state index is 0.112. The second-order valence-electron chi connectivity index (χ2n) is 5.45. The monoisotopic (exact) mass is 312 g/mol. The van der Waals surface area contributed by atoms with Crippen molar-refractivity contribution in [3.8, 4) is 6.07 Å². The second-order valence-corrected chi connectivity index (χ2v) is 6.51. The molecule has 1 aromatic heterocycles. The van der Waals surface area contributed by atoms with Crippen molar-refractivity contribution < 1.29 is 9.53 Å². The first-order valence-corrected chi connectivity index (χ1v) is 8.14. The number of nitriles is 1. The number of benzene rings is 1. The first-order valence-electron chi connectivity index (χ1n) is 7.32. The van der Waals surface area contributed by atoms with Gasteiger partial charge in [-0.05, 0) is 24.8 Å². The van der Waals surface area contributed by atoms with Crippen LogP contribution in [-0.2, 0) is 11.2 Å². The Morgan fingerprint density at radius 3 is 2.86 bits per heavy atom. The number of hydrogen-bond donors (Lipinski definition) is 0. The highest BCUT2D eigenvalue weighted by atomic mass is 32.1. The van der Waals surface area contributed by atoms with Crippen LogP contribution in [0.15, 0.2) is 36.5 Å². The molecule has 1 atom stereocenters. The Morgan fingerprint density at radius 1 is 1.41 bits per heavy atom. The summed E-state index contributed by atoms with van der Waals surface area (Å²) < 4.78 is 5.28. The van der Waals surface area contributed by atoms with Gasteiger partial charge in [-0.1, -0.05) is 30.3 Å². The third-order valence-electron chi connectivity index (χ3n) is 3.57. The number of ether oxygens (including phenoxy) is 1. The van der Waals surface area contributed by atoms with E-state index in [-0.39, 0.29) is 18.5 Å². The van der Waals surface area contributed by atoms with E-state index >= 15 is 0 Å². The lowest BCUT2D eigenvalue weighted by Crippen LogP contribution is -2.14. The topological polar surface area (TPSA) is 63.0 Å². The van der Waals surface area contributed by atoms with Gasteiger partial charge in [0.2, 0.25) is 0 Å². The molecule has 1 fully saturated rings. The van der Waals surface area contributed by atoms with E-state index in [2.05, 4.69) is 11.1 Å². The number of aromatic nitrogens is 1. The molecule has 1 aliphatic carbocycles. The summed E-state index contributed by atoms with van der Waals surface area (Å²) in [5.74, 6) is -0.170. The zero-order chi connectivity index (χ0) is 15.4. The Morgan fingerprint density at radius 2 is 2.18 bits per heavy atom. The molecular weight excluding hydrogens is 296 g/mol. The number of carbonyl (C=O) groups is 1. The van der Waals surface area contributed by atoms with Gasteiger partial charge < -0.3 is 4.74 Å². The van der Waals surface area contributed by atoms with Crippen LogP contribution < -0.4 is 0 Å². The van der Waals surface area contributed by atoms with Crippen molar-refractivity contribution in [3.63, 3.8) is 0 Å². The predicted molar refractivity (Wildman–Crippen MR) is 83.6 cm³/mol. The number of hydrogen-bond acceptors (Lipinski definition) is 5. The van der Waals surface area contributed by atoms with E-state index in [1.54, 1.807) is 6.20 Å². The Bertz CT molecular complexity index is 686. The maximum absolute atomic E-state index is 12.0. The van der Waals surface area contributed by atoms with Crippen LogP contribution in [0.2, 0.25) is 0 Å². The SMILES string of the molecule is N#C[C@H](COC(=O)c1cnc(C2CC2)s1)Cc1ccccc1. The lowest BCUT2D eigenvalue weighted by Gasteiger charge is -2.09. The van der Waals surface area contributed by atoms with Gasteiger partial charge in [-0.2, -0.15) is 5.26 Å². The van der Waals surface area contributed by atoms with Gasteiger partial charge in [-0.15, -0.1) is 11.3 Å². The van der Waals surface area contributed by atoms with Crippen LogP contribution in [0.5, 0.6) is 0 Å². The van der Waals surface area contributed by atoms with Gasteiger partial charge in [0.25, 0.3) is 0 Å². The van der Waals surface area contributed by atoms with Gasteiger partial charge >= 0.3 is 5.97 Å². The average Bonchev–Trinajstić information content (AvgIpc) is 3.29. The highest BCUT2D eigenvalue weighted by Crippen LogP contribution is 2.41. The molecule has 1 heterocycles. The van der Waals surface area contributed by atoms with Gasteiger partial charge in [0.05, 0.1) is 23.2 Å². The van der Waals surface area contributed by atoms with Crippen LogP contribution in [0, 0.1) is 17.2 Å². The zero-order valence-corrected chi connectivity index (χ0v) is 12.9. The molecule has 0 unspecified atom stereocenters. The largest absolute Gasteiger partial charge is 0.460 e. The van der Waals surface area contributed by atoms with Crippen molar-refractivity contribution in [2.75, 3.05) is 6.61 Å². The van der Waals surface area contributed by atoms with Crippen LogP contribution in [0.1, 0.15) is 39.0 Å². The highest BCUT2D eigenvalue weighted by molar-refractivity contribution is 7.13. The molecule has 3 rings (SSSR count). The Hall–Kier alpha value is -2.19.